The van der Waals surface area contributed by atoms with Gasteiger partial charge < -0.3 is 15.2 Å². The van der Waals surface area contributed by atoms with Gasteiger partial charge in [0.2, 0.25) is 10.0 Å². The van der Waals surface area contributed by atoms with E-state index in [4.69, 9.17) is 26.8 Å². The van der Waals surface area contributed by atoms with Gasteiger partial charge in [-0.25, -0.2) is 8.42 Å². The quantitative estimate of drug-likeness (QED) is 0.729. The molecule has 1 aromatic carbocycles. The maximum absolute atomic E-state index is 12.8. The predicted molar refractivity (Wildman–Crippen MR) is 83.0 cm³/mol. The van der Waals surface area contributed by atoms with Gasteiger partial charge in [-0.1, -0.05) is 11.6 Å². The number of nitrogens with two attached hydrogens (primary N) is 1. The molecule has 0 radical (unpaired) electrons. The SMILES string of the molecule is COCCN(C(C)COC)S(=O)(=O)c1ccc(Cl)cc1N. The largest absolute Gasteiger partial charge is 0.398 e. The van der Waals surface area contributed by atoms with E-state index in [9.17, 15) is 8.42 Å². The summed E-state index contributed by atoms with van der Waals surface area (Å²) in [4.78, 5) is 0.0333. The van der Waals surface area contributed by atoms with Gasteiger partial charge in [-0.3, -0.25) is 0 Å². The molecule has 0 aliphatic rings. The van der Waals surface area contributed by atoms with Crippen LogP contribution in [0.15, 0.2) is 23.1 Å². The normalized spacial score (nSPS) is 13.6. The molecule has 1 unspecified atom stereocenters. The van der Waals surface area contributed by atoms with Gasteiger partial charge in [0.1, 0.15) is 4.90 Å². The van der Waals surface area contributed by atoms with Crippen molar-refractivity contribution < 1.29 is 17.9 Å². The number of nitrogen functional groups attached to an aromatic ring is 1. The summed E-state index contributed by atoms with van der Waals surface area (Å²) < 4.78 is 36.9. The molecule has 1 rings (SSSR count). The standard InChI is InChI=1S/C13H21ClN2O4S/c1-10(9-20-3)16(6-7-19-2)21(17,18)13-5-4-11(14)8-12(13)15/h4-5,8,10H,6-7,9,15H2,1-3H3. The lowest BCUT2D eigenvalue weighted by Crippen LogP contribution is -2.43. The van der Waals surface area contributed by atoms with Gasteiger partial charge in [0, 0.05) is 31.8 Å². The first-order valence-electron chi connectivity index (χ1n) is 6.39. The van der Waals surface area contributed by atoms with E-state index in [0.29, 0.717) is 5.02 Å². The van der Waals surface area contributed by atoms with Crippen LogP contribution >= 0.6 is 11.6 Å². The Morgan fingerprint density at radius 2 is 2.00 bits per heavy atom. The Kier molecular flexibility index (Phi) is 6.89. The van der Waals surface area contributed by atoms with Crippen molar-refractivity contribution in [3.05, 3.63) is 23.2 Å². The lowest BCUT2D eigenvalue weighted by Gasteiger charge is -2.28. The van der Waals surface area contributed by atoms with Crippen LogP contribution in [0.25, 0.3) is 0 Å². The van der Waals surface area contributed by atoms with E-state index in [1.807, 2.05) is 0 Å². The lowest BCUT2D eigenvalue weighted by molar-refractivity contribution is 0.119. The number of rotatable bonds is 8. The smallest absolute Gasteiger partial charge is 0.245 e. The van der Waals surface area contributed by atoms with E-state index in [0.717, 1.165) is 0 Å². The number of benzene rings is 1. The topological polar surface area (TPSA) is 81.9 Å². The summed E-state index contributed by atoms with van der Waals surface area (Å²) in [6.07, 6.45) is 0. The molecule has 0 aliphatic carbocycles. The fraction of sp³-hybridized carbons (Fsp3) is 0.538. The number of nitrogens with zero attached hydrogens (tertiary/aromatic N) is 1. The van der Waals surface area contributed by atoms with Crippen LogP contribution in [0, 0.1) is 0 Å². The molecule has 6 nitrogen and oxygen atoms in total. The summed E-state index contributed by atoms with van der Waals surface area (Å²) in [6.45, 7) is 2.53. The number of methoxy groups -OCH3 is 2. The number of hydrogen-bond donors (Lipinski definition) is 1. The van der Waals surface area contributed by atoms with Crippen molar-refractivity contribution in [2.24, 2.45) is 0 Å². The molecule has 0 fully saturated rings. The first kappa shape index (κ1) is 18.2. The third-order valence-electron chi connectivity index (χ3n) is 2.97. The molecule has 1 aromatic rings. The Hall–Kier alpha value is -0.860. The molecule has 0 aliphatic heterocycles. The number of anilines is 1. The highest BCUT2D eigenvalue weighted by atomic mass is 35.5. The van der Waals surface area contributed by atoms with Crippen LogP contribution < -0.4 is 5.73 Å². The van der Waals surface area contributed by atoms with E-state index in [-0.39, 0.29) is 36.4 Å². The number of hydrogen-bond acceptors (Lipinski definition) is 5. The van der Waals surface area contributed by atoms with E-state index >= 15 is 0 Å². The molecular weight excluding hydrogens is 316 g/mol. The molecule has 2 N–H and O–H groups in total. The summed E-state index contributed by atoms with van der Waals surface area (Å²) in [6, 6.07) is 3.99. The second-order valence-corrected chi connectivity index (χ2v) is 6.89. The molecule has 120 valence electrons. The highest BCUT2D eigenvalue weighted by Crippen LogP contribution is 2.26. The van der Waals surface area contributed by atoms with E-state index < -0.39 is 10.0 Å². The minimum atomic E-state index is -3.75. The van der Waals surface area contributed by atoms with Crippen molar-refractivity contribution in [3.8, 4) is 0 Å². The minimum Gasteiger partial charge on any atom is -0.398 e. The summed E-state index contributed by atoms with van der Waals surface area (Å²) in [7, 11) is -0.714. The molecule has 0 saturated heterocycles. The second kappa shape index (κ2) is 7.95. The number of halogens is 1. The van der Waals surface area contributed by atoms with Crippen LogP contribution in [-0.4, -0.2) is 52.7 Å². The Balaban J connectivity index is 3.19. The van der Waals surface area contributed by atoms with E-state index in [2.05, 4.69) is 0 Å². The van der Waals surface area contributed by atoms with Gasteiger partial charge in [-0.05, 0) is 25.1 Å². The van der Waals surface area contributed by atoms with Crippen LogP contribution in [-0.2, 0) is 19.5 Å². The molecule has 0 spiro atoms. The molecule has 8 heteroatoms. The average molecular weight is 337 g/mol. The van der Waals surface area contributed by atoms with E-state index in [1.165, 1.54) is 36.7 Å². The van der Waals surface area contributed by atoms with E-state index in [1.54, 1.807) is 6.92 Å². The molecule has 21 heavy (non-hydrogen) atoms. The number of ether oxygens (including phenoxy) is 2. The van der Waals surface area contributed by atoms with Gasteiger partial charge >= 0.3 is 0 Å². The van der Waals surface area contributed by atoms with Crippen molar-refractivity contribution in [1.82, 2.24) is 4.31 Å². The molecule has 0 heterocycles. The third-order valence-corrected chi connectivity index (χ3v) is 5.30. The van der Waals surface area contributed by atoms with Crippen molar-refractivity contribution in [2.45, 2.75) is 17.9 Å². The van der Waals surface area contributed by atoms with Crippen LogP contribution in [0.5, 0.6) is 0 Å². The molecule has 0 saturated carbocycles. The molecule has 0 aromatic heterocycles. The third kappa shape index (κ3) is 4.55. The summed E-state index contributed by atoms with van der Waals surface area (Å²) >= 11 is 5.81. The zero-order chi connectivity index (χ0) is 16.0. The minimum absolute atomic E-state index is 0.0333. The lowest BCUT2D eigenvalue weighted by atomic mass is 10.3. The second-order valence-electron chi connectivity index (χ2n) is 4.60. The summed E-state index contributed by atoms with van der Waals surface area (Å²) in [5.74, 6) is 0. The van der Waals surface area contributed by atoms with Crippen molar-refractivity contribution >= 4 is 27.3 Å². The van der Waals surface area contributed by atoms with Crippen LogP contribution in [0.2, 0.25) is 5.02 Å². The molecule has 1 atom stereocenters. The first-order chi connectivity index (χ1) is 9.84. The van der Waals surface area contributed by atoms with Crippen molar-refractivity contribution in [2.75, 3.05) is 39.7 Å². The molecular formula is C13H21ClN2O4S. The monoisotopic (exact) mass is 336 g/mol. The van der Waals surface area contributed by atoms with Crippen molar-refractivity contribution in [3.63, 3.8) is 0 Å². The predicted octanol–water partition coefficient (Wildman–Crippen LogP) is 1.59. The summed E-state index contributed by atoms with van der Waals surface area (Å²) in [5.41, 5.74) is 5.92. The summed E-state index contributed by atoms with van der Waals surface area (Å²) in [5, 5.41) is 0.389. The van der Waals surface area contributed by atoms with Crippen LogP contribution in [0.1, 0.15) is 6.92 Å². The van der Waals surface area contributed by atoms with Gasteiger partial charge in [0.25, 0.3) is 0 Å². The fourth-order valence-electron chi connectivity index (χ4n) is 1.96. The number of sulfonamides is 1. The van der Waals surface area contributed by atoms with Gasteiger partial charge in [-0.15, -0.1) is 0 Å². The molecule has 0 amide bonds. The Labute approximate surface area is 130 Å². The fourth-order valence-corrected chi connectivity index (χ4v) is 3.84. The maximum Gasteiger partial charge on any atom is 0.245 e. The van der Waals surface area contributed by atoms with Crippen LogP contribution in [0.4, 0.5) is 5.69 Å². The zero-order valence-corrected chi connectivity index (χ0v) is 13.9. The Bertz CT molecular complexity index is 565. The maximum atomic E-state index is 12.8. The zero-order valence-electron chi connectivity index (χ0n) is 12.4. The highest BCUT2D eigenvalue weighted by Gasteiger charge is 2.30. The Morgan fingerprint density at radius 1 is 1.33 bits per heavy atom. The Morgan fingerprint density at radius 3 is 2.52 bits per heavy atom. The van der Waals surface area contributed by atoms with Crippen LogP contribution in [0.3, 0.4) is 0 Å². The highest BCUT2D eigenvalue weighted by molar-refractivity contribution is 7.89. The molecule has 0 bridgehead atoms. The van der Waals surface area contributed by atoms with Gasteiger partial charge in [-0.2, -0.15) is 4.31 Å². The van der Waals surface area contributed by atoms with Crippen molar-refractivity contribution in [1.29, 1.82) is 0 Å². The average Bonchev–Trinajstić information content (AvgIpc) is 2.38. The van der Waals surface area contributed by atoms with Gasteiger partial charge in [0.05, 0.1) is 18.9 Å². The first-order valence-corrected chi connectivity index (χ1v) is 8.21. The van der Waals surface area contributed by atoms with Gasteiger partial charge in [0.15, 0.2) is 0 Å².